The number of hydrogen-bond acceptors (Lipinski definition) is 5. The molecule has 0 radical (unpaired) electrons. The minimum absolute atomic E-state index is 0.161. The summed E-state index contributed by atoms with van der Waals surface area (Å²) >= 11 is 0. The van der Waals surface area contributed by atoms with Crippen LogP contribution in [0.2, 0.25) is 0 Å². The summed E-state index contributed by atoms with van der Waals surface area (Å²) in [7, 11) is 0. The number of amides is 1. The van der Waals surface area contributed by atoms with Gasteiger partial charge in [0.1, 0.15) is 11.9 Å². The van der Waals surface area contributed by atoms with E-state index < -0.39 is 12.1 Å². The largest absolute Gasteiger partial charge is 0.391 e. The van der Waals surface area contributed by atoms with Crippen molar-refractivity contribution in [2.75, 3.05) is 31.1 Å². The zero-order chi connectivity index (χ0) is 24.0. The highest BCUT2D eigenvalue weighted by atomic mass is 16.3. The summed E-state index contributed by atoms with van der Waals surface area (Å²) in [5.41, 5.74) is 11.2. The molecule has 33 heavy (non-hydrogen) atoms. The van der Waals surface area contributed by atoms with Crippen molar-refractivity contribution in [3.63, 3.8) is 0 Å². The Hall–Kier alpha value is -2.44. The number of anilines is 1. The van der Waals surface area contributed by atoms with E-state index in [9.17, 15) is 9.90 Å². The van der Waals surface area contributed by atoms with Gasteiger partial charge >= 0.3 is 0 Å². The predicted molar refractivity (Wildman–Crippen MR) is 133 cm³/mol. The zero-order valence-corrected chi connectivity index (χ0v) is 20.6. The van der Waals surface area contributed by atoms with Crippen LogP contribution in [0.15, 0.2) is 36.4 Å². The van der Waals surface area contributed by atoms with Crippen LogP contribution in [0.5, 0.6) is 0 Å². The van der Waals surface area contributed by atoms with Gasteiger partial charge in [0.05, 0.1) is 11.8 Å². The van der Waals surface area contributed by atoms with Gasteiger partial charge in [-0.1, -0.05) is 45.9 Å². The summed E-state index contributed by atoms with van der Waals surface area (Å²) in [6.45, 7) is 13.5. The van der Waals surface area contributed by atoms with E-state index in [1.54, 1.807) is 11.8 Å². The number of nitrogens with zero attached hydrogens (tertiary/aromatic N) is 3. The molecule has 2 aliphatic rings. The van der Waals surface area contributed by atoms with Crippen LogP contribution >= 0.6 is 0 Å². The molecular weight excluding hydrogens is 412 g/mol. The molecule has 2 atom stereocenters. The predicted octanol–water partition coefficient (Wildman–Crippen LogP) is 3.45. The highest BCUT2D eigenvalue weighted by Crippen LogP contribution is 2.46. The third kappa shape index (κ3) is 4.64. The first-order valence-corrected chi connectivity index (χ1v) is 12.1. The van der Waals surface area contributed by atoms with Crippen molar-refractivity contribution < 1.29 is 9.90 Å². The van der Waals surface area contributed by atoms with E-state index in [0.717, 1.165) is 17.1 Å². The Labute approximate surface area is 197 Å². The Morgan fingerprint density at radius 2 is 1.64 bits per heavy atom. The molecule has 178 valence electrons. The molecule has 1 aliphatic carbocycles. The maximum absolute atomic E-state index is 12.4. The summed E-state index contributed by atoms with van der Waals surface area (Å²) in [6, 6.07) is 12.2. The van der Waals surface area contributed by atoms with Crippen molar-refractivity contribution >= 4 is 11.7 Å². The van der Waals surface area contributed by atoms with E-state index in [2.05, 4.69) is 62.9 Å². The fourth-order valence-corrected chi connectivity index (χ4v) is 5.08. The summed E-state index contributed by atoms with van der Waals surface area (Å²) < 4.78 is 0. The number of aliphatic hydroxyl groups excluding tert-OH is 1. The first kappa shape index (κ1) is 23.7. The number of nitrogens with two attached hydrogens (primary N) is 1. The minimum atomic E-state index is -0.865. The summed E-state index contributed by atoms with van der Waals surface area (Å²) in [4.78, 5) is 21.4. The second-order valence-corrected chi connectivity index (χ2v) is 11.0. The molecule has 2 heterocycles. The lowest BCUT2D eigenvalue weighted by atomic mass is 9.63. The molecule has 1 fully saturated rings. The Morgan fingerprint density at radius 3 is 2.27 bits per heavy atom. The van der Waals surface area contributed by atoms with Gasteiger partial charge in [0.2, 0.25) is 5.91 Å². The monoisotopic (exact) mass is 450 g/mol. The Kier molecular flexibility index (Phi) is 6.27. The topological polar surface area (TPSA) is 82.7 Å². The van der Waals surface area contributed by atoms with Crippen molar-refractivity contribution in [2.24, 2.45) is 5.73 Å². The van der Waals surface area contributed by atoms with Crippen LogP contribution in [0.4, 0.5) is 5.82 Å². The van der Waals surface area contributed by atoms with Crippen LogP contribution in [0.3, 0.4) is 0 Å². The number of aliphatic hydroxyl groups is 1. The molecular formula is C27H38N4O2. The van der Waals surface area contributed by atoms with E-state index in [-0.39, 0.29) is 16.7 Å². The molecule has 0 spiro atoms. The Morgan fingerprint density at radius 1 is 1.00 bits per heavy atom. The number of benzene rings is 1. The fourth-order valence-electron chi connectivity index (χ4n) is 5.08. The van der Waals surface area contributed by atoms with Gasteiger partial charge in [-0.3, -0.25) is 4.79 Å². The quantitative estimate of drug-likeness (QED) is 0.746. The van der Waals surface area contributed by atoms with Gasteiger partial charge in [0.25, 0.3) is 0 Å². The van der Waals surface area contributed by atoms with Crippen LogP contribution in [0.25, 0.3) is 11.3 Å². The van der Waals surface area contributed by atoms with Gasteiger partial charge in [-0.2, -0.15) is 0 Å². The van der Waals surface area contributed by atoms with Crippen molar-refractivity contribution in [3.8, 4) is 11.3 Å². The average Bonchev–Trinajstić information content (AvgIpc) is 2.81. The molecule has 1 aromatic carbocycles. The standard InChI is InChI=1S/C27H38N4O2/c1-18(32)24(28)25(33)31-15-13-30(14-16-31)23-8-6-7-22(29-23)19-9-10-20-21(17-19)27(4,5)12-11-26(20,2)3/h6-10,17-18,24,32H,11-16,28H2,1-5H3/t18?,24-/m0/s1. The summed E-state index contributed by atoms with van der Waals surface area (Å²) in [5.74, 6) is 0.739. The van der Waals surface area contributed by atoms with Gasteiger partial charge < -0.3 is 20.6 Å². The lowest BCUT2D eigenvalue weighted by Crippen LogP contribution is -2.55. The lowest BCUT2D eigenvalue weighted by Gasteiger charge is -2.42. The van der Waals surface area contributed by atoms with Crippen LogP contribution in [-0.2, 0) is 15.6 Å². The van der Waals surface area contributed by atoms with Crippen LogP contribution < -0.4 is 10.6 Å². The summed E-state index contributed by atoms with van der Waals surface area (Å²) in [5, 5.41) is 9.63. The molecule has 1 unspecified atom stereocenters. The van der Waals surface area contributed by atoms with Gasteiger partial charge in [0.15, 0.2) is 0 Å². The molecule has 1 aromatic heterocycles. The van der Waals surface area contributed by atoms with Crippen molar-refractivity contribution in [2.45, 2.75) is 70.4 Å². The number of pyridine rings is 1. The van der Waals surface area contributed by atoms with E-state index in [1.165, 1.54) is 24.0 Å². The molecule has 0 saturated carbocycles. The van der Waals surface area contributed by atoms with Gasteiger partial charge in [-0.15, -0.1) is 0 Å². The highest BCUT2D eigenvalue weighted by Gasteiger charge is 2.37. The lowest BCUT2D eigenvalue weighted by molar-refractivity contribution is -0.135. The third-order valence-corrected chi connectivity index (χ3v) is 7.60. The fraction of sp³-hybridized carbons (Fsp3) is 0.556. The van der Waals surface area contributed by atoms with E-state index >= 15 is 0 Å². The molecule has 6 heteroatoms. The summed E-state index contributed by atoms with van der Waals surface area (Å²) in [6.07, 6.45) is 1.54. The zero-order valence-electron chi connectivity index (χ0n) is 20.6. The van der Waals surface area contributed by atoms with Crippen molar-refractivity contribution in [1.29, 1.82) is 0 Å². The Bertz CT molecular complexity index is 1020. The number of carbonyl (C=O) groups is 1. The molecule has 6 nitrogen and oxygen atoms in total. The molecule has 1 aliphatic heterocycles. The van der Waals surface area contributed by atoms with Gasteiger partial charge in [-0.05, 0) is 59.9 Å². The first-order valence-electron chi connectivity index (χ1n) is 12.1. The average molecular weight is 451 g/mol. The van der Waals surface area contributed by atoms with Crippen LogP contribution in [0, 0.1) is 0 Å². The van der Waals surface area contributed by atoms with E-state index in [1.807, 2.05) is 6.07 Å². The van der Waals surface area contributed by atoms with Gasteiger partial charge in [0, 0.05) is 31.7 Å². The van der Waals surface area contributed by atoms with Crippen LogP contribution in [-0.4, -0.2) is 59.2 Å². The second-order valence-electron chi connectivity index (χ2n) is 11.0. The Balaban J connectivity index is 1.54. The highest BCUT2D eigenvalue weighted by molar-refractivity contribution is 5.82. The number of aromatic nitrogens is 1. The van der Waals surface area contributed by atoms with Crippen molar-refractivity contribution in [3.05, 3.63) is 47.5 Å². The molecule has 2 aromatic rings. The maximum atomic E-state index is 12.4. The van der Waals surface area contributed by atoms with Crippen LogP contribution in [0.1, 0.15) is 58.6 Å². The van der Waals surface area contributed by atoms with E-state index in [4.69, 9.17) is 10.7 Å². The van der Waals surface area contributed by atoms with Gasteiger partial charge in [-0.25, -0.2) is 4.98 Å². The smallest absolute Gasteiger partial charge is 0.242 e. The molecule has 4 rings (SSSR count). The number of hydrogen-bond donors (Lipinski definition) is 2. The number of fused-ring (bicyclic) bond motifs is 1. The van der Waals surface area contributed by atoms with Crippen molar-refractivity contribution in [1.82, 2.24) is 9.88 Å². The SMILES string of the molecule is CC(O)[C@H](N)C(=O)N1CCN(c2cccc(-c3ccc4c(c3)C(C)(C)CCC4(C)C)n2)CC1. The van der Waals surface area contributed by atoms with E-state index in [0.29, 0.717) is 26.2 Å². The number of rotatable bonds is 4. The third-order valence-electron chi connectivity index (χ3n) is 7.60. The number of carbonyl (C=O) groups excluding carboxylic acids is 1. The first-order chi connectivity index (χ1) is 15.5. The molecule has 1 saturated heterocycles. The molecule has 0 bridgehead atoms. The molecule has 1 amide bonds. The second kappa shape index (κ2) is 8.73. The normalized spacial score (nSPS) is 21.3. The number of piperazine rings is 1. The minimum Gasteiger partial charge on any atom is -0.391 e. The maximum Gasteiger partial charge on any atom is 0.242 e. The molecule has 3 N–H and O–H groups in total.